The van der Waals surface area contributed by atoms with Crippen LogP contribution in [-0.4, -0.2) is 40.2 Å². The van der Waals surface area contributed by atoms with E-state index >= 15 is 0 Å². The fourth-order valence-electron chi connectivity index (χ4n) is 3.45. The molecule has 1 heterocycles. The fourth-order valence-corrected chi connectivity index (χ4v) is 3.45. The Bertz CT molecular complexity index is 1140. The lowest BCUT2D eigenvalue weighted by Gasteiger charge is -2.19. The lowest BCUT2D eigenvalue weighted by Crippen LogP contribution is -2.38. The second-order valence-corrected chi connectivity index (χ2v) is 9.21. The molecule has 0 radical (unpaired) electrons. The van der Waals surface area contributed by atoms with Gasteiger partial charge in [0.2, 0.25) is 5.91 Å². The molecule has 0 saturated carbocycles. The van der Waals surface area contributed by atoms with Gasteiger partial charge in [-0.05, 0) is 36.6 Å². The summed E-state index contributed by atoms with van der Waals surface area (Å²) in [4.78, 5) is 26.9. The smallest absolute Gasteiger partial charge is 0.318 e. The van der Waals surface area contributed by atoms with Crippen LogP contribution in [0.2, 0.25) is 0 Å². The van der Waals surface area contributed by atoms with Crippen molar-refractivity contribution in [2.45, 2.75) is 46.5 Å². The second-order valence-electron chi connectivity index (χ2n) is 9.21. The maximum atomic E-state index is 12.9. The summed E-state index contributed by atoms with van der Waals surface area (Å²) >= 11 is 0. The van der Waals surface area contributed by atoms with Crippen molar-refractivity contribution in [3.05, 3.63) is 71.4 Å². The number of likely N-dealkylation sites (N-methyl/N-ethyl adjacent to an activating group) is 1. The molecule has 1 aromatic heterocycles. The van der Waals surface area contributed by atoms with E-state index in [1.807, 2.05) is 68.4 Å². The van der Waals surface area contributed by atoms with Crippen LogP contribution in [0.25, 0.3) is 5.69 Å². The molecule has 0 atom stereocenters. The van der Waals surface area contributed by atoms with Gasteiger partial charge >= 0.3 is 6.03 Å². The minimum Gasteiger partial charge on any atom is -0.318 e. The molecule has 0 saturated heterocycles. The molecular formula is C26H33N5O2. The predicted molar refractivity (Wildman–Crippen MR) is 133 cm³/mol. The number of nitrogens with one attached hydrogen (secondary N) is 2. The maximum Gasteiger partial charge on any atom is 0.322 e. The van der Waals surface area contributed by atoms with Gasteiger partial charge in [-0.1, -0.05) is 64.1 Å². The molecule has 0 unspecified atom stereocenters. The van der Waals surface area contributed by atoms with E-state index in [1.165, 1.54) is 4.90 Å². The number of urea groups is 1. The third kappa shape index (κ3) is 5.80. The van der Waals surface area contributed by atoms with Crippen molar-refractivity contribution in [3.8, 4) is 5.69 Å². The molecular weight excluding hydrogens is 414 g/mol. The summed E-state index contributed by atoms with van der Waals surface area (Å²) in [6.07, 6.45) is 0.805. The molecule has 174 valence electrons. The molecule has 7 heteroatoms. The van der Waals surface area contributed by atoms with Gasteiger partial charge in [-0.15, -0.1) is 0 Å². The van der Waals surface area contributed by atoms with Crippen molar-refractivity contribution in [3.63, 3.8) is 0 Å². The number of para-hydroxylation sites is 2. The van der Waals surface area contributed by atoms with E-state index in [0.717, 1.165) is 34.6 Å². The van der Waals surface area contributed by atoms with Gasteiger partial charge < -0.3 is 15.5 Å². The Labute approximate surface area is 195 Å². The van der Waals surface area contributed by atoms with E-state index in [-0.39, 0.29) is 23.9 Å². The van der Waals surface area contributed by atoms with Crippen LogP contribution in [0.1, 0.15) is 44.5 Å². The summed E-state index contributed by atoms with van der Waals surface area (Å²) in [5, 5.41) is 10.6. The van der Waals surface area contributed by atoms with Crippen molar-refractivity contribution >= 4 is 23.4 Å². The summed E-state index contributed by atoms with van der Waals surface area (Å²) in [6, 6.07) is 17.1. The Morgan fingerprint density at radius 1 is 1.03 bits per heavy atom. The molecule has 3 rings (SSSR count). The summed E-state index contributed by atoms with van der Waals surface area (Å²) in [7, 11) is 1.60. The summed E-state index contributed by atoms with van der Waals surface area (Å²) < 4.78 is 1.76. The molecule has 2 aromatic carbocycles. The van der Waals surface area contributed by atoms with Crippen LogP contribution in [-0.2, 0) is 16.6 Å². The predicted octanol–water partition coefficient (Wildman–Crippen LogP) is 5.14. The van der Waals surface area contributed by atoms with E-state index < -0.39 is 0 Å². The number of hydrogen-bond donors (Lipinski definition) is 2. The van der Waals surface area contributed by atoms with E-state index in [4.69, 9.17) is 5.10 Å². The third-order valence-corrected chi connectivity index (χ3v) is 5.46. The molecule has 0 aliphatic heterocycles. The molecule has 0 aliphatic carbocycles. The highest BCUT2D eigenvalue weighted by atomic mass is 16.2. The Balaban J connectivity index is 1.76. The van der Waals surface area contributed by atoms with Crippen LogP contribution >= 0.6 is 0 Å². The lowest BCUT2D eigenvalue weighted by molar-refractivity contribution is -0.116. The number of carbonyl (C=O) groups excluding carboxylic acids is 2. The van der Waals surface area contributed by atoms with Gasteiger partial charge in [-0.25, -0.2) is 9.48 Å². The molecule has 3 amide bonds. The van der Waals surface area contributed by atoms with Crippen molar-refractivity contribution in [1.82, 2.24) is 14.7 Å². The Kier molecular flexibility index (Phi) is 7.21. The number of anilines is 2. The largest absolute Gasteiger partial charge is 0.322 e. The zero-order valence-corrected chi connectivity index (χ0v) is 20.3. The molecule has 0 fully saturated rings. The number of nitrogens with zero attached hydrogens (tertiary/aromatic N) is 3. The Morgan fingerprint density at radius 3 is 2.36 bits per heavy atom. The van der Waals surface area contributed by atoms with Crippen LogP contribution in [0.15, 0.2) is 54.6 Å². The molecule has 33 heavy (non-hydrogen) atoms. The van der Waals surface area contributed by atoms with Gasteiger partial charge in [0.15, 0.2) is 0 Å². The molecule has 3 aromatic rings. The highest BCUT2D eigenvalue weighted by Crippen LogP contribution is 2.27. The van der Waals surface area contributed by atoms with Crippen molar-refractivity contribution in [1.29, 1.82) is 0 Å². The van der Waals surface area contributed by atoms with Crippen LogP contribution in [0, 0.1) is 6.92 Å². The minimum absolute atomic E-state index is 0.0933. The zero-order valence-electron chi connectivity index (χ0n) is 20.3. The van der Waals surface area contributed by atoms with E-state index in [0.29, 0.717) is 5.82 Å². The van der Waals surface area contributed by atoms with Crippen molar-refractivity contribution < 1.29 is 9.59 Å². The quantitative estimate of drug-likeness (QED) is 0.549. The molecule has 0 spiro atoms. The number of aryl methyl sites for hydroxylation is 2. The van der Waals surface area contributed by atoms with Gasteiger partial charge in [-0.2, -0.15) is 5.10 Å². The number of carbonyl (C=O) groups is 2. The first-order valence-electron chi connectivity index (χ1n) is 11.2. The SMILES string of the molecule is CCc1ccccc1NC(=O)N(C)CC(=O)Nc1cc(C(C)(C)C)nn1-c1ccccc1C. The van der Waals surface area contributed by atoms with Gasteiger partial charge in [0, 0.05) is 24.2 Å². The number of benzene rings is 2. The Morgan fingerprint density at radius 2 is 1.70 bits per heavy atom. The number of rotatable bonds is 6. The summed E-state index contributed by atoms with van der Waals surface area (Å²) in [6.45, 7) is 10.2. The third-order valence-electron chi connectivity index (χ3n) is 5.46. The first-order valence-corrected chi connectivity index (χ1v) is 11.2. The average Bonchev–Trinajstić information content (AvgIpc) is 3.18. The normalized spacial score (nSPS) is 11.2. The zero-order chi connectivity index (χ0) is 24.2. The molecule has 0 aliphatic rings. The molecule has 7 nitrogen and oxygen atoms in total. The van der Waals surface area contributed by atoms with Gasteiger partial charge in [-0.3, -0.25) is 4.79 Å². The molecule has 0 bridgehead atoms. The first kappa shape index (κ1) is 24.0. The van der Waals surface area contributed by atoms with E-state index in [2.05, 4.69) is 31.4 Å². The summed E-state index contributed by atoms with van der Waals surface area (Å²) in [5.41, 5.74) is 4.42. The van der Waals surface area contributed by atoms with Crippen molar-refractivity contribution in [2.75, 3.05) is 24.2 Å². The average molecular weight is 448 g/mol. The maximum absolute atomic E-state index is 12.9. The highest BCUT2D eigenvalue weighted by Gasteiger charge is 2.23. The lowest BCUT2D eigenvalue weighted by atomic mass is 9.92. The second kappa shape index (κ2) is 9.90. The highest BCUT2D eigenvalue weighted by molar-refractivity contribution is 5.97. The van der Waals surface area contributed by atoms with E-state index in [1.54, 1.807) is 11.7 Å². The van der Waals surface area contributed by atoms with Gasteiger partial charge in [0.1, 0.15) is 12.4 Å². The number of aromatic nitrogens is 2. The van der Waals surface area contributed by atoms with Crippen molar-refractivity contribution in [2.24, 2.45) is 0 Å². The number of amides is 3. The van der Waals surface area contributed by atoms with Crippen LogP contribution in [0.5, 0.6) is 0 Å². The molecule has 2 N–H and O–H groups in total. The van der Waals surface area contributed by atoms with Crippen LogP contribution in [0.4, 0.5) is 16.3 Å². The first-order chi connectivity index (χ1) is 15.6. The van der Waals surface area contributed by atoms with E-state index in [9.17, 15) is 9.59 Å². The monoisotopic (exact) mass is 447 g/mol. The van der Waals surface area contributed by atoms with Crippen LogP contribution < -0.4 is 10.6 Å². The van der Waals surface area contributed by atoms with Gasteiger partial charge in [0.05, 0.1) is 11.4 Å². The van der Waals surface area contributed by atoms with Gasteiger partial charge in [0.25, 0.3) is 0 Å². The Hall–Kier alpha value is -3.61. The minimum atomic E-state index is -0.339. The van der Waals surface area contributed by atoms with Crippen LogP contribution in [0.3, 0.4) is 0 Å². The fraction of sp³-hybridized carbons (Fsp3) is 0.346. The topological polar surface area (TPSA) is 79.3 Å². The standard InChI is InChI=1S/C26H33N5O2/c1-7-19-13-9-10-14-20(19)27-25(33)30(6)17-24(32)28-23-16-22(26(3,4)5)29-31(23)21-15-11-8-12-18(21)2/h8-16H,7,17H2,1-6H3,(H,27,33)(H,28,32). The number of hydrogen-bond acceptors (Lipinski definition) is 3. The summed E-state index contributed by atoms with van der Waals surface area (Å²) in [5.74, 6) is 0.274.